The van der Waals surface area contributed by atoms with Crippen LogP contribution in [0.5, 0.6) is 0 Å². The summed E-state index contributed by atoms with van der Waals surface area (Å²) in [6.07, 6.45) is 3.07. The molecule has 0 spiro atoms. The van der Waals surface area contributed by atoms with Crippen molar-refractivity contribution in [3.05, 3.63) is 87.2 Å². The number of unbranched alkanes of at least 4 members (excludes halogenated alkanes) is 3. The number of ether oxygens (including phenoxy) is 1. The van der Waals surface area contributed by atoms with Crippen LogP contribution < -0.4 is 10.6 Å². The maximum absolute atomic E-state index is 13.5. The quantitative estimate of drug-likeness (QED) is 0.151. The van der Waals surface area contributed by atoms with Crippen molar-refractivity contribution in [2.24, 2.45) is 0 Å². The lowest BCUT2D eigenvalue weighted by Gasteiger charge is -2.19. The molecule has 2 N–H and O–H groups in total. The summed E-state index contributed by atoms with van der Waals surface area (Å²) in [5, 5.41) is 17.0. The van der Waals surface area contributed by atoms with Crippen molar-refractivity contribution < 1.29 is 19.2 Å². The van der Waals surface area contributed by atoms with Crippen molar-refractivity contribution in [2.75, 3.05) is 13.1 Å². The molecule has 0 saturated carbocycles. The Balaban J connectivity index is 1.65. The zero-order chi connectivity index (χ0) is 29.3. The lowest BCUT2D eigenvalue weighted by atomic mass is 9.99. The molecule has 0 saturated heterocycles. The number of carbonyl (C=O) groups excluding carboxylic acids is 2. The smallest absolute Gasteiger partial charge is 0.407 e. The van der Waals surface area contributed by atoms with E-state index in [4.69, 9.17) is 4.74 Å². The minimum absolute atomic E-state index is 0.00846. The predicted octanol–water partition coefficient (Wildman–Crippen LogP) is 6.54. The normalized spacial score (nSPS) is 11.2. The second-order valence-corrected chi connectivity index (χ2v) is 10.9. The van der Waals surface area contributed by atoms with Gasteiger partial charge in [0.1, 0.15) is 5.60 Å². The Morgan fingerprint density at radius 2 is 1.48 bits per heavy atom. The van der Waals surface area contributed by atoms with E-state index >= 15 is 0 Å². The second-order valence-electron chi connectivity index (χ2n) is 10.9. The van der Waals surface area contributed by atoms with Gasteiger partial charge in [-0.25, -0.2) is 4.79 Å². The Bertz CT molecular complexity index is 1310. The number of non-ortho nitro benzene ring substituents is 1. The van der Waals surface area contributed by atoms with Crippen molar-refractivity contribution in [1.29, 1.82) is 0 Å². The minimum atomic E-state index is -0.514. The Labute approximate surface area is 236 Å². The van der Waals surface area contributed by atoms with Gasteiger partial charge in [-0.05, 0) is 70.7 Å². The van der Waals surface area contributed by atoms with Gasteiger partial charge in [0.2, 0.25) is 0 Å². The number of hydrogen-bond donors (Lipinski definition) is 2. The highest BCUT2D eigenvalue weighted by Gasteiger charge is 2.24. The SMILES string of the molecule is Cc1c(C(=O)NCCCCCCNC(=O)OC(C)(C)C)c(-c2ccc([N+](=O)[O-])cc2)c(C)n1Cc1ccccc1. The molecular formula is C31H40N4O5. The van der Waals surface area contributed by atoms with Crippen molar-refractivity contribution in [2.45, 2.75) is 72.4 Å². The van der Waals surface area contributed by atoms with E-state index in [1.54, 1.807) is 12.1 Å². The second kappa shape index (κ2) is 13.8. The third kappa shape index (κ3) is 8.43. The first-order valence-corrected chi connectivity index (χ1v) is 13.7. The number of nitro groups is 1. The molecule has 0 unspecified atom stereocenters. The number of benzene rings is 2. The van der Waals surface area contributed by atoms with Gasteiger partial charge < -0.3 is 19.9 Å². The summed E-state index contributed by atoms with van der Waals surface area (Å²) in [6.45, 7) is 11.1. The van der Waals surface area contributed by atoms with Gasteiger partial charge in [-0.15, -0.1) is 0 Å². The van der Waals surface area contributed by atoms with E-state index in [1.165, 1.54) is 12.1 Å². The van der Waals surface area contributed by atoms with E-state index in [2.05, 4.69) is 15.2 Å². The first-order valence-electron chi connectivity index (χ1n) is 13.7. The number of amides is 2. The summed E-state index contributed by atoms with van der Waals surface area (Å²) in [7, 11) is 0. The highest BCUT2D eigenvalue weighted by Crippen LogP contribution is 2.34. The van der Waals surface area contributed by atoms with Crippen molar-refractivity contribution in [1.82, 2.24) is 15.2 Å². The van der Waals surface area contributed by atoms with Crippen molar-refractivity contribution >= 4 is 17.7 Å². The van der Waals surface area contributed by atoms with Gasteiger partial charge in [-0.2, -0.15) is 0 Å². The molecule has 9 heteroatoms. The predicted molar refractivity (Wildman–Crippen MR) is 157 cm³/mol. The molecule has 0 bridgehead atoms. The summed E-state index contributed by atoms with van der Waals surface area (Å²) in [6, 6.07) is 16.4. The van der Waals surface area contributed by atoms with E-state index in [1.807, 2.05) is 65.0 Å². The number of alkyl carbamates (subject to hydrolysis) is 1. The van der Waals surface area contributed by atoms with Crippen LogP contribution in [0.15, 0.2) is 54.6 Å². The van der Waals surface area contributed by atoms with Crippen LogP contribution in [-0.4, -0.2) is 40.2 Å². The van der Waals surface area contributed by atoms with E-state index in [-0.39, 0.29) is 11.6 Å². The maximum atomic E-state index is 13.5. The van der Waals surface area contributed by atoms with E-state index in [0.717, 1.165) is 53.8 Å². The first-order chi connectivity index (χ1) is 19.0. The molecule has 214 valence electrons. The number of aromatic nitrogens is 1. The van der Waals surface area contributed by atoms with Gasteiger partial charge in [-0.3, -0.25) is 14.9 Å². The molecule has 0 aliphatic carbocycles. The summed E-state index contributed by atoms with van der Waals surface area (Å²) in [4.78, 5) is 36.0. The molecule has 0 aliphatic heterocycles. The molecule has 1 heterocycles. The van der Waals surface area contributed by atoms with Crippen LogP contribution in [-0.2, 0) is 11.3 Å². The van der Waals surface area contributed by atoms with Crippen molar-refractivity contribution in [3.8, 4) is 11.1 Å². The molecule has 9 nitrogen and oxygen atoms in total. The average Bonchev–Trinajstić information content (AvgIpc) is 3.14. The van der Waals surface area contributed by atoms with Crippen LogP contribution >= 0.6 is 0 Å². The van der Waals surface area contributed by atoms with Crippen LogP contribution in [0.1, 0.15) is 73.8 Å². The highest BCUT2D eigenvalue weighted by molar-refractivity contribution is 6.03. The van der Waals surface area contributed by atoms with Crippen LogP contribution in [0.2, 0.25) is 0 Å². The topological polar surface area (TPSA) is 116 Å². The number of nitro benzene ring substituents is 1. The van der Waals surface area contributed by atoms with Crippen LogP contribution in [0, 0.1) is 24.0 Å². The highest BCUT2D eigenvalue weighted by atomic mass is 16.6. The zero-order valence-corrected chi connectivity index (χ0v) is 24.1. The van der Waals surface area contributed by atoms with Gasteiger partial charge in [0.25, 0.3) is 11.6 Å². The summed E-state index contributed by atoms with van der Waals surface area (Å²) in [5.41, 5.74) is 4.53. The molecule has 0 aliphatic rings. The lowest BCUT2D eigenvalue weighted by molar-refractivity contribution is -0.384. The molecule has 2 aromatic carbocycles. The Hall–Kier alpha value is -4.14. The first kappa shape index (κ1) is 30.4. The van der Waals surface area contributed by atoms with Crippen molar-refractivity contribution in [3.63, 3.8) is 0 Å². The van der Waals surface area contributed by atoms with E-state index < -0.39 is 16.6 Å². The molecule has 0 fully saturated rings. The van der Waals surface area contributed by atoms with Crippen LogP contribution in [0.25, 0.3) is 11.1 Å². The Morgan fingerprint density at radius 3 is 2.05 bits per heavy atom. The number of rotatable bonds is 12. The summed E-state index contributed by atoms with van der Waals surface area (Å²) >= 11 is 0. The number of hydrogen-bond acceptors (Lipinski definition) is 5. The van der Waals surface area contributed by atoms with Gasteiger partial charge in [0, 0.05) is 48.7 Å². The fourth-order valence-corrected chi connectivity index (χ4v) is 4.67. The molecular weight excluding hydrogens is 508 g/mol. The van der Waals surface area contributed by atoms with E-state index in [0.29, 0.717) is 25.2 Å². The Morgan fingerprint density at radius 1 is 0.875 bits per heavy atom. The number of carbonyl (C=O) groups is 2. The number of nitrogens with one attached hydrogen (secondary N) is 2. The zero-order valence-electron chi connectivity index (χ0n) is 24.1. The fourth-order valence-electron chi connectivity index (χ4n) is 4.67. The average molecular weight is 549 g/mol. The Kier molecular flexibility index (Phi) is 10.5. The monoisotopic (exact) mass is 548 g/mol. The van der Waals surface area contributed by atoms with E-state index in [9.17, 15) is 19.7 Å². The largest absolute Gasteiger partial charge is 0.444 e. The summed E-state index contributed by atoms with van der Waals surface area (Å²) in [5.74, 6) is -0.160. The molecule has 40 heavy (non-hydrogen) atoms. The van der Waals surface area contributed by atoms with Gasteiger partial charge in [0.15, 0.2) is 0 Å². The van der Waals surface area contributed by atoms with Gasteiger partial charge in [-0.1, -0.05) is 43.2 Å². The molecule has 3 rings (SSSR count). The maximum Gasteiger partial charge on any atom is 0.407 e. The standard InChI is InChI=1S/C31H40N4O5/c1-22-27(25-15-17-26(18-16-25)35(38)39)28(23(2)34(22)21-24-13-9-8-10-14-24)29(36)32-19-11-6-7-12-20-33-30(37)40-31(3,4)5/h8-10,13-18H,6-7,11-12,19-21H2,1-5H3,(H,32,36)(H,33,37). The van der Waals surface area contributed by atoms with Crippen LogP contribution in [0.4, 0.5) is 10.5 Å². The van der Waals surface area contributed by atoms with Gasteiger partial charge >= 0.3 is 6.09 Å². The lowest BCUT2D eigenvalue weighted by Crippen LogP contribution is -2.33. The summed E-state index contributed by atoms with van der Waals surface area (Å²) < 4.78 is 7.36. The molecule has 2 amide bonds. The third-order valence-electron chi connectivity index (χ3n) is 6.62. The minimum Gasteiger partial charge on any atom is -0.444 e. The molecule has 3 aromatic rings. The third-order valence-corrected chi connectivity index (χ3v) is 6.62. The fraction of sp³-hybridized carbons (Fsp3) is 0.419. The number of nitrogens with zero attached hydrogens (tertiary/aromatic N) is 2. The molecule has 1 aromatic heterocycles. The molecule has 0 radical (unpaired) electrons. The van der Waals surface area contributed by atoms with Crippen LogP contribution in [0.3, 0.4) is 0 Å². The molecule has 0 atom stereocenters. The van der Waals surface area contributed by atoms with Gasteiger partial charge in [0.05, 0.1) is 10.5 Å².